The van der Waals surface area contributed by atoms with Crippen molar-refractivity contribution in [2.75, 3.05) is 17.9 Å². The zero-order chi connectivity index (χ0) is 18.9. The van der Waals surface area contributed by atoms with Crippen molar-refractivity contribution in [2.45, 2.75) is 24.5 Å². The zero-order valence-electron chi connectivity index (χ0n) is 14.3. The van der Waals surface area contributed by atoms with E-state index in [1.807, 2.05) is 0 Å². The fraction of sp³-hybridized carbons (Fsp3) is 0.333. The van der Waals surface area contributed by atoms with Gasteiger partial charge in [0.2, 0.25) is 0 Å². The highest BCUT2D eigenvalue weighted by Crippen LogP contribution is 2.61. The zero-order valence-corrected chi connectivity index (χ0v) is 15.1. The summed E-state index contributed by atoms with van der Waals surface area (Å²) in [7, 11) is -1.70. The Labute approximate surface area is 152 Å². The van der Waals surface area contributed by atoms with Crippen LogP contribution < -0.4 is 9.62 Å². The van der Waals surface area contributed by atoms with Crippen LogP contribution >= 0.6 is 10.8 Å². The molecule has 26 heavy (non-hydrogen) atoms. The smallest absolute Gasteiger partial charge is 0.148 e. The van der Waals surface area contributed by atoms with Crippen molar-refractivity contribution in [2.24, 2.45) is 0 Å². The molecule has 4 nitrogen and oxygen atoms in total. The number of benzene rings is 2. The maximum Gasteiger partial charge on any atom is 0.148 e. The molecule has 142 valence electrons. The fourth-order valence-electron chi connectivity index (χ4n) is 3.25. The summed E-state index contributed by atoms with van der Waals surface area (Å²) in [5, 5.41) is 2.37. The minimum Gasteiger partial charge on any atom is -0.320 e. The first-order chi connectivity index (χ1) is 12.3. The highest BCUT2D eigenvalue weighted by atomic mass is 32.3. The number of nitrogens with one attached hydrogen (secondary N) is 1. The highest BCUT2D eigenvalue weighted by molar-refractivity contribution is 8.26. The summed E-state index contributed by atoms with van der Waals surface area (Å²) in [6.45, 7) is 0.677. The van der Waals surface area contributed by atoms with Gasteiger partial charge in [0.25, 0.3) is 0 Å². The number of halogens is 3. The second kappa shape index (κ2) is 7.48. The SMILES string of the molecule is CNCCC[C@@H]1Cc2cc(F)ccc2N(c2cc(F)ccc2F)S1(O)O. The molecule has 2 aromatic carbocycles. The molecule has 0 aromatic heterocycles. The van der Waals surface area contributed by atoms with Crippen LogP contribution in [0.1, 0.15) is 18.4 Å². The van der Waals surface area contributed by atoms with Crippen LogP contribution in [0.4, 0.5) is 24.5 Å². The lowest BCUT2D eigenvalue weighted by atomic mass is 10.0. The number of anilines is 2. The number of fused-ring (bicyclic) bond motifs is 1. The summed E-state index contributed by atoms with van der Waals surface area (Å²) < 4.78 is 64.8. The van der Waals surface area contributed by atoms with Crippen LogP contribution in [0.3, 0.4) is 0 Å². The molecule has 1 aliphatic heterocycles. The van der Waals surface area contributed by atoms with Crippen LogP contribution in [-0.4, -0.2) is 27.9 Å². The molecule has 3 N–H and O–H groups in total. The van der Waals surface area contributed by atoms with E-state index >= 15 is 0 Å². The summed E-state index contributed by atoms with van der Waals surface area (Å²) in [5.41, 5.74) is 0.547. The minimum absolute atomic E-state index is 0.257. The Hall–Kier alpha value is -1.74. The first kappa shape index (κ1) is 19.0. The Morgan fingerprint density at radius 3 is 2.50 bits per heavy atom. The molecule has 1 atom stereocenters. The Morgan fingerprint density at radius 2 is 1.77 bits per heavy atom. The van der Waals surface area contributed by atoms with Crippen molar-refractivity contribution in [3.8, 4) is 0 Å². The van der Waals surface area contributed by atoms with E-state index in [0.717, 1.165) is 22.5 Å². The molecule has 3 rings (SSSR count). The molecule has 0 unspecified atom stereocenters. The van der Waals surface area contributed by atoms with Gasteiger partial charge in [0.15, 0.2) is 0 Å². The van der Waals surface area contributed by atoms with E-state index in [4.69, 9.17) is 0 Å². The van der Waals surface area contributed by atoms with Crippen LogP contribution in [0, 0.1) is 17.5 Å². The maximum absolute atomic E-state index is 14.4. The Morgan fingerprint density at radius 1 is 1.08 bits per heavy atom. The van der Waals surface area contributed by atoms with Gasteiger partial charge in [-0.3, -0.25) is 9.11 Å². The van der Waals surface area contributed by atoms with Gasteiger partial charge in [0.05, 0.1) is 10.9 Å². The summed E-state index contributed by atoms with van der Waals surface area (Å²) in [6.07, 6.45) is 1.38. The van der Waals surface area contributed by atoms with Crippen molar-refractivity contribution >= 4 is 22.2 Å². The van der Waals surface area contributed by atoms with Crippen LogP contribution in [0.15, 0.2) is 36.4 Å². The highest BCUT2D eigenvalue weighted by Gasteiger charge is 2.40. The molecule has 8 heteroatoms. The minimum atomic E-state index is -3.49. The Bertz CT molecular complexity index is 804. The van der Waals surface area contributed by atoms with Crippen molar-refractivity contribution in [3.63, 3.8) is 0 Å². The molecule has 1 aliphatic rings. The molecular formula is C18H21F3N2O2S. The van der Waals surface area contributed by atoms with E-state index in [9.17, 15) is 22.3 Å². The van der Waals surface area contributed by atoms with E-state index in [1.54, 1.807) is 7.05 Å². The summed E-state index contributed by atoms with van der Waals surface area (Å²) in [5.74, 6) is -1.94. The third kappa shape index (κ3) is 3.55. The van der Waals surface area contributed by atoms with Crippen molar-refractivity contribution in [3.05, 3.63) is 59.4 Å². The van der Waals surface area contributed by atoms with Crippen LogP contribution in [-0.2, 0) is 6.42 Å². The van der Waals surface area contributed by atoms with Gasteiger partial charge in [0, 0.05) is 6.07 Å². The summed E-state index contributed by atoms with van der Waals surface area (Å²) >= 11 is 0. The summed E-state index contributed by atoms with van der Waals surface area (Å²) in [4.78, 5) is 0. The predicted molar refractivity (Wildman–Crippen MR) is 98.4 cm³/mol. The van der Waals surface area contributed by atoms with Crippen LogP contribution in [0.2, 0.25) is 0 Å². The van der Waals surface area contributed by atoms with Gasteiger partial charge in [0.1, 0.15) is 23.1 Å². The van der Waals surface area contributed by atoms with Gasteiger partial charge >= 0.3 is 0 Å². The average molecular weight is 386 g/mol. The van der Waals surface area contributed by atoms with E-state index < -0.39 is 33.5 Å². The second-order valence-corrected chi connectivity index (χ2v) is 8.45. The van der Waals surface area contributed by atoms with Crippen molar-refractivity contribution in [1.29, 1.82) is 0 Å². The van der Waals surface area contributed by atoms with Crippen LogP contribution in [0.25, 0.3) is 0 Å². The molecule has 0 aliphatic carbocycles. The van der Waals surface area contributed by atoms with E-state index in [-0.39, 0.29) is 17.8 Å². The molecule has 1 heterocycles. The lowest BCUT2D eigenvalue weighted by Crippen LogP contribution is -2.38. The number of hydrogen-bond acceptors (Lipinski definition) is 4. The third-order valence-electron chi connectivity index (χ3n) is 4.50. The van der Waals surface area contributed by atoms with Gasteiger partial charge in [-0.1, -0.05) is 0 Å². The fourth-order valence-corrected chi connectivity index (χ4v) is 5.33. The van der Waals surface area contributed by atoms with E-state index in [1.165, 1.54) is 18.2 Å². The quantitative estimate of drug-likeness (QED) is 0.644. The number of hydrogen-bond donors (Lipinski definition) is 3. The lowest BCUT2D eigenvalue weighted by Gasteiger charge is -2.53. The van der Waals surface area contributed by atoms with Crippen molar-refractivity contribution in [1.82, 2.24) is 5.32 Å². The van der Waals surface area contributed by atoms with E-state index in [0.29, 0.717) is 24.9 Å². The Kier molecular flexibility index (Phi) is 5.47. The topological polar surface area (TPSA) is 55.7 Å². The monoisotopic (exact) mass is 386 g/mol. The van der Waals surface area contributed by atoms with Crippen LogP contribution in [0.5, 0.6) is 0 Å². The molecule has 0 saturated heterocycles. The normalized spacial score (nSPS) is 19.9. The molecule has 0 amide bonds. The standard InChI is InChI=1S/C18H21F3N2O2S/c1-22-8-2-3-15-10-12-9-13(19)5-7-17(12)23(26(15,24)25)18-11-14(20)4-6-16(18)21/h4-7,9,11,15,22,24-25H,2-3,8,10H2,1H3/t15-/m1/s1. The van der Waals surface area contributed by atoms with E-state index in [2.05, 4.69) is 5.32 Å². The molecular weight excluding hydrogens is 365 g/mol. The van der Waals surface area contributed by atoms with Gasteiger partial charge in [-0.05, 0) is 68.8 Å². The lowest BCUT2D eigenvalue weighted by molar-refractivity contribution is 0.453. The van der Waals surface area contributed by atoms with Crippen molar-refractivity contribution < 1.29 is 22.3 Å². The molecule has 0 fully saturated rings. The first-order valence-corrected chi connectivity index (χ1v) is 9.86. The molecule has 0 bridgehead atoms. The van der Waals surface area contributed by atoms with Gasteiger partial charge < -0.3 is 5.32 Å². The van der Waals surface area contributed by atoms with Gasteiger partial charge in [-0.15, -0.1) is 10.8 Å². The van der Waals surface area contributed by atoms with Gasteiger partial charge in [-0.25, -0.2) is 17.5 Å². The third-order valence-corrected chi connectivity index (χ3v) is 6.73. The molecule has 2 aromatic rings. The maximum atomic E-state index is 14.4. The van der Waals surface area contributed by atoms with Gasteiger partial charge in [-0.2, -0.15) is 0 Å². The average Bonchev–Trinajstić information content (AvgIpc) is 2.58. The molecule has 0 radical (unpaired) electrons. The molecule has 0 saturated carbocycles. The first-order valence-electron chi connectivity index (χ1n) is 8.30. The number of rotatable bonds is 5. The number of nitrogens with zero attached hydrogens (tertiary/aromatic N) is 1. The Balaban J connectivity index is 2.11. The summed E-state index contributed by atoms with van der Waals surface area (Å²) in [6, 6.07) is 6.66. The largest absolute Gasteiger partial charge is 0.320 e. The predicted octanol–water partition coefficient (Wildman–Crippen LogP) is 4.83. The second-order valence-electron chi connectivity index (χ2n) is 6.30. The molecule has 0 spiro atoms.